The Balaban J connectivity index is 1.05. The Labute approximate surface area is 540 Å². The Bertz CT molecular complexity index is 2600. The van der Waals surface area contributed by atoms with Crippen LogP contribution in [0.2, 0.25) is 0 Å². The van der Waals surface area contributed by atoms with E-state index < -0.39 is 153 Å². The molecule has 26 atom stereocenters. The third-order valence-corrected chi connectivity index (χ3v) is 23.9. The maximum Gasteiger partial charge on any atom is 0.351 e. The molecular weight excluding hydrogens is 1180 g/mol. The van der Waals surface area contributed by atoms with Crippen LogP contribution in [0.15, 0.2) is 23.8 Å². The smallest absolute Gasteiger partial charge is 0.351 e. The number of allylic oxidation sites excluding steroid dienone is 4. The first kappa shape index (κ1) is 75.3. The average molecular weight is 1300 g/mol. The molecule has 0 aromatic heterocycles. The lowest BCUT2D eigenvalue weighted by molar-refractivity contribution is -0.337. The summed E-state index contributed by atoms with van der Waals surface area (Å²) in [7, 11) is 8.15. The van der Waals surface area contributed by atoms with E-state index in [1.54, 1.807) is 54.7 Å². The molecule has 522 valence electrons. The van der Waals surface area contributed by atoms with Gasteiger partial charge in [0.25, 0.3) is 0 Å². The zero-order valence-corrected chi connectivity index (χ0v) is 58.0. The van der Waals surface area contributed by atoms with E-state index in [4.69, 9.17) is 42.6 Å². The molecule has 0 bridgehead atoms. The number of halogens is 1. The molecule has 4 aliphatic carbocycles. The summed E-state index contributed by atoms with van der Waals surface area (Å²) in [5, 5.41) is 67.2. The van der Waals surface area contributed by atoms with Crippen molar-refractivity contribution in [2.75, 3.05) is 74.7 Å². The number of ether oxygens (including phenoxy) is 9. The van der Waals surface area contributed by atoms with Crippen molar-refractivity contribution in [2.24, 2.45) is 46.3 Å². The van der Waals surface area contributed by atoms with Crippen LogP contribution >= 0.6 is 0 Å². The standard InChI is InChI=1S/C68H115FN4O18/c1-20-51-65(14,81)56(78)43(8)73(16)36-38(3)33-63(12,84-18)57(90-59-54(77)49(72(15)21-2)31-40(5)86-59)41(6)55(42(7)58(79)88-51)89-53-35-64(13,85-19)66(82,44(9)87-53)37-71-29-28-70-27-25-52(76)91-68(60(80)83-17)39(4)30-48-47-23-22-45-32-46(74)24-26-61(45,10)67(47,69)50(75)34-62(48,68)11/h24,26,32,38-44,47-51,53-57,59,70-71,75,77-78,81-82H,20-23,25,27-31,33-37H2,1-19H3/t38-,39-,40-,41+,42-,43-,44+,47?,48?,49+,50+,51-,53+,54-,55+,56-,57-,59+,61+,62+,63-,64-,65-,66+,67+,68+/m1/s1. The summed E-state index contributed by atoms with van der Waals surface area (Å²) < 4.78 is 75.9. The third-order valence-electron chi connectivity index (χ3n) is 23.9. The zero-order chi connectivity index (χ0) is 67.9. The maximum absolute atomic E-state index is 17.9. The molecule has 0 aromatic carbocycles. The number of carbonyl (C=O) groups excluding carboxylic acids is 4. The molecule has 0 spiro atoms. The van der Waals surface area contributed by atoms with Crippen LogP contribution in [-0.2, 0) is 61.8 Å². The second kappa shape index (κ2) is 28.9. The van der Waals surface area contributed by atoms with Gasteiger partial charge in [-0.1, -0.05) is 53.2 Å². The van der Waals surface area contributed by atoms with Gasteiger partial charge < -0.3 is 88.6 Å². The Morgan fingerprint density at radius 1 is 0.868 bits per heavy atom. The van der Waals surface area contributed by atoms with Crippen molar-refractivity contribution in [3.05, 3.63) is 23.8 Å². The Kier molecular flexibility index (Phi) is 23.9. The van der Waals surface area contributed by atoms with E-state index in [1.165, 1.54) is 33.3 Å². The number of ketones is 1. The first-order valence-electron chi connectivity index (χ1n) is 33.6. The number of nitrogens with zero attached hydrogens (tertiary/aromatic N) is 2. The SMILES string of the molecule is CC[C@H]1OC(=O)[C@H](C)[C@@H](O[C@H]2C[C@@](C)(OC)[C@](O)(CNCCNCCC(=O)O[C@]3(C(=O)OC)[C@H](C)CC4C5CCC6=CC(=O)C=C[C@]6(C)[C@@]5(F)[C@@H](O)C[C@@]43C)[C@H](C)O2)[C@H](C)[C@@H](O[C@@H]2O[C@H](C)C[C@H](N(C)CC)[C@H]2O)[C@](C)(OC)C[C@@H](C)CN(C)[C@H](C)[C@@H](O)[C@]1(C)O. The highest BCUT2D eigenvalue weighted by molar-refractivity contribution is 6.01. The number of hydrogen-bond acceptors (Lipinski definition) is 22. The Hall–Kier alpha value is -3.11. The Morgan fingerprint density at radius 2 is 1.54 bits per heavy atom. The van der Waals surface area contributed by atoms with Crippen LogP contribution in [-0.4, -0.2) is 241 Å². The molecule has 2 unspecified atom stereocenters. The van der Waals surface area contributed by atoms with Crippen LogP contribution in [0.5, 0.6) is 0 Å². The summed E-state index contributed by atoms with van der Waals surface area (Å²) in [6.07, 6.45) is -4.12. The lowest BCUT2D eigenvalue weighted by Gasteiger charge is -2.62. The highest BCUT2D eigenvalue weighted by Gasteiger charge is 2.78. The largest absolute Gasteiger partial charge is 0.466 e. The zero-order valence-electron chi connectivity index (χ0n) is 58.0. The highest BCUT2D eigenvalue weighted by Crippen LogP contribution is 2.71. The number of alkyl halides is 1. The van der Waals surface area contributed by atoms with E-state index in [2.05, 4.69) is 22.5 Å². The maximum atomic E-state index is 17.9. The van der Waals surface area contributed by atoms with Gasteiger partial charge in [0, 0.05) is 94.0 Å². The van der Waals surface area contributed by atoms with E-state index in [0.29, 0.717) is 63.9 Å². The number of aliphatic hydroxyl groups excluding tert-OH is 3. The fourth-order valence-corrected chi connectivity index (χ4v) is 17.8. The van der Waals surface area contributed by atoms with Gasteiger partial charge in [-0.2, -0.15) is 0 Å². The van der Waals surface area contributed by atoms with Crippen LogP contribution in [0.25, 0.3) is 0 Å². The lowest BCUT2D eigenvalue weighted by Crippen LogP contribution is -2.70. The van der Waals surface area contributed by atoms with Gasteiger partial charge >= 0.3 is 17.9 Å². The first-order valence-corrected chi connectivity index (χ1v) is 33.6. The van der Waals surface area contributed by atoms with Crippen molar-refractivity contribution < 1.29 is 91.7 Å². The number of fused-ring (bicyclic) bond motifs is 5. The second-order valence-electron chi connectivity index (χ2n) is 29.5. The molecule has 0 amide bonds. The summed E-state index contributed by atoms with van der Waals surface area (Å²) in [6, 6.07) is -0.858. The van der Waals surface area contributed by atoms with Gasteiger partial charge in [0.1, 0.15) is 35.1 Å². The monoisotopic (exact) mass is 1290 g/mol. The van der Waals surface area contributed by atoms with E-state index in [-0.39, 0.29) is 62.6 Å². The van der Waals surface area contributed by atoms with Crippen molar-refractivity contribution in [2.45, 2.75) is 262 Å². The number of rotatable bonds is 19. The van der Waals surface area contributed by atoms with Gasteiger partial charge in [0.2, 0.25) is 5.60 Å². The predicted molar refractivity (Wildman–Crippen MR) is 337 cm³/mol. The molecule has 3 saturated heterocycles. The number of aliphatic hydroxyl groups is 5. The molecule has 7 aliphatic rings. The number of likely N-dealkylation sites (N-methyl/N-ethyl adjacent to an activating group) is 2. The van der Waals surface area contributed by atoms with Gasteiger partial charge in [-0.25, -0.2) is 9.18 Å². The summed E-state index contributed by atoms with van der Waals surface area (Å²) >= 11 is 0. The average Bonchev–Trinajstić information content (AvgIpc) is 1.61. The van der Waals surface area contributed by atoms with Crippen LogP contribution in [0, 0.1) is 46.3 Å². The molecule has 3 saturated carbocycles. The number of methoxy groups -OCH3 is 3. The quantitative estimate of drug-likeness (QED) is 0.0511. The summed E-state index contributed by atoms with van der Waals surface area (Å²) in [5.74, 6) is -6.01. The molecular formula is C68H115FN4O18. The van der Waals surface area contributed by atoms with Gasteiger partial charge in [-0.15, -0.1) is 0 Å². The Morgan fingerprint density at radius 3 is 2.16 bits per heavy atom. The second-order valence-corrected chi connectivity index (χ2v) is 29.5. The number of hydrogen-bond donors (Lipinski definition) is 7. The van der Waals surface area contributed by atoms with E-state index in [1.807, 2.05) is 60.5 Å². The molecule has 3 aliphatic heterocycles. The highest BCUT2D eigenvalue weighted by atomic mass is 19.1. The molecule has 91 heavy (non-hydrogen) atoms. The van der Waals surface area contributed by atoms with Crippen molar-refractivity contribution in [1.82, 2.24) is 20.4 Å². The topological polar surface area (TPSA) is 283 Å². The van der Waals surface area contributed by atoms with Crippen LogP contribution < -0.4 is 10.6 Å². The molecule has 0 radical (unpaired) electrons. The number of carbonyl (C=O) groups is 4. The molecule has 3 heterocycles. The molecule has 0 aromatic rings. The lowest BCUT2D eigenvalue weighted by atomic mass is 9.44. The molecule has 7 rings (SSSR count). The fourth-order valence-electron chi connectivity index (χ4n) is 17.8. The molecule has 6 fully saturated rings. The summed E-state index contributed by atoms with van der Waals surface area (Å²) in [5.41, 5.74) is -11.7. The molecule has 22 nitrogen and oxygen atoms in total. The van der Waals surface area contributed by atoms with Gasteiger partial charge in [0.05, 0.1) is 55.6 Å². The summed E-state index contributed by atoms with van der Waals surface area (Å²) in [4.78, 5) is 59.4. The van der Waals surface area contributed by atoms with Crippen LogP contribution in [0.4, 0.5) is 4.39 Å². The van der Waals surface area contributed by atoms with Crippen LogP contribution in [0.1, 0.15) is 155 Å². The number of esters is 3. The van der Waals surface area contributed by atoms with Crippen molar-refractivity contribution in [3.8, 4) is 0 Å². The fraction of sp³-hybridized carbons (Fsp3) is 0.882. The van der Waals surface area contributed by atoms with Crippen molar-refractivity contribution in [1.29, 1.82) is 0 Å². The van der Waals surface area contributed by atoms with Gasteiger partial charge in [-0.3, -0.25) is 14.4 Å². The van der Waals surface area contributed by atoms with E-state index in [0.717, 1.165) is 0 Å². The molecule has 23 heteroatoms. The summed E-state index contributed by atoms with van der Waals surface area (Å²) in [6.45, 7) is 27.4. The molecule has 7 N–H and O–H groups in total. The van der Waals surface area contributed by atoms with Gasteiger partial charge in [0.15, 0.2) is 24.0 Å². The van der Waals surface area contributed by atoms with Crippen molar-refractivity contribution in [3.63, 3.8) is 0 Å². The number of cyclic esters (lactones) is 1. The van der Waals surface area contributed by atoms with Crippen LogP contribution in [0.3, 0.4) is 0 Å². The van der Waals surface area contributed by atoms with E-state index in [9.17, 15) is 44.7 Å². The first-order chi connectivity index (χ1) is 42.4. The van der Waals surface area contributed by atoms with Crippen molar-refractivity contribution >= 4 is 23.7 Å². The number of nitrogens with one attached hydrogen (secondary N) is 2. The van der Waals surface area contributed by atoms with Gasteiger partial charge in [-0.05, 0) is 145 Å². The minimum atomic E-state index is -2.14. The third kappa shape index (κ3) is 13.7. The minimum Gasteiger partial charge on any atom is -0.466 e. The van der Waals surface area contributed by atoms with E-state index >= 15 is 4.39 Å². The normalized spacial score (nSPS) is 46.9. The minimum absolute atomic E-state index is 0.0103. The predicted octanol–water partition coefficient (Wildman–Crippen LogP) is 4.96.